The predicted molar refractivity (Wildman–Crippen MR) is 82.5 cm³/mol. The largest absolute Gasteiger partial charge is 0.450 e. The summed E-state index contributed by atoms with van der Waals surface area (Å²) in [6.45, 7) is 7.79. The van der Waals surface area contributed by atoms with E-state index in [0.29, 0.717) is 29.4 Å². The van der Waals surface area contributed by atoms with Gasteiger partial charge in [0, 0.05) is 37.3 Å². The number of rotatable bonds is 2. The first kappa shape index (κ1) is 15.1. The lowest BCUT2D eigenvalue weighted by atomic mass is 10.1. The number of carbonyl (C=O) groups excluding carboxylic acids is 1. The lowest BCUT2D eigenvalue weighted by Gasteiger charge is -2.32. The molecule has 0 aliphatic carbocycles. The minimum Gasteiger partial charge on any atom is -0.450 e. The summed E-state index contributed by atoms with van der Waals surface area (Å²) in [5.74, 6) is 0.747. The minimum atomic E-state index is -0.000920. The Balaban J connectivity index is 1.80. The van der Waals surface area contributed by atoms with Gasteiger partial charge in [0.2, 0.25) is 5.76 Å². The lowest BCUT2D eigenvalue weighted by Crippen LogP contribution is -2.44. The smallest absolute Gasteiger partial charge is 0.257 e. The van der Waals surface area contributed by atoms with Gasteiger partial charge in [-0.05, 0) is 40.0 Å². The first-order valence-corrected chi connectivity index (χ1v) is 8.08. The Morgan fingerprint density at radius 3 is 2.73 bits per heavy atom. The van der Waals surface area contributed by atoms with E-state index in [1.165, 1.54) is 12.8 Å². The van der Waals surface area contributed by atoms with Crippen molar-refractivity contribution in [2.45, 2.75) is 58.2 Å². The van der Waals surface area contributed by atoms with Crippen molar-refractivity contribution in [3.8, 4) is 6.07 Å². The number of amides is 1. The average Bonchev–Trinajstić information content (AvgIpc) is 2.97. The number of nitrogens with zero attached hydrogens (tertiary/aromatic N) is 3. The molecule has 22 heavy (non-hydrogen) atoms. The van der Waals surface area contributed by atoms with Crippen molar-refractivity contribution in [3.05, 3.63) is 23.2 Å². The van der Waals surface area contributed by atoms with Gasteiger partial charge in [-0.3, -0.25) is 9.69 Å². The van der Waals surface area contributed by atoms with Crippen LogP contribution in [0.3, 0.4) is 0 Å². The van der Waals surface area contributed by atoms with Gasteiger partial charge < -0.3 is 9.32 Å². The molecule has 5 nitrogen and oxygen atoms in total. The van der Waals surface area contributed by atoms with Gasteiger partial charge >= 0.3 is 0 Å². The molecule has 2 aliphatic rings. The monoisotopic (exact) mass is 301 g/mol. The van der Waals surface area contributed by atoms with Gasteiger partial charge in [0.15, 0.2) is 0 Å². The molecule has 3 heterocycles. The molecule has 1 amide bonds. The molecule has 5 heteroatoms. The summed E-state index contributed by atoms with van der Waals surface area (Å²) in [5, 5.41) is 8.92. The zero-order valence-electron chi connectivity index (χ0n) is 13.5. The van der Waals surface area contributed by atoms with E-state index in [9.17, 15) is 4.79 Å². The Kier molecular flexibility index (Phi) is 3.96. The molecule has 118 valence electrons. The summed E-state index contributed by atoms with van der Waals surface area (Å²) < 4.78 is 5.31. The van der Waals surface area contributed by atoms with Crippen molar-refractivity contribution in [2.24, 2.45) is 0 Å². The molecule has 0 saturated carbocycles. The highest BCUT2D eigenvalue weighted by molar-refractivity contribution is 5.95. The number of carbonyl (C=O) groups is 1. The van der Waals surface area contributed by atoms with Crippen LogP contribution in [0.4, 0.5) is 0 Å². The fourth-order valence-electron chi connectivity index (χ4n) is 4.06. The van der Waals surface area contributed by atoms with E-state index >= 15 is 0 Å². The highest BCUT2D eigenvalue weighted by Crippen LogP contribution is 2.32. The third-order valence-corrected chi connectivity index (χ3v) is 4.98. The molecule has 2 bridgehead atoms. The van der Waals surface area contributed by atoms with E-state index in [1.807, 2.05) is 11.0 Å². The van der Waals surface area contributed by atoms with Crippen LogP contribution in [0.25, 0.3) is 0 Å². The Labute approximate surface area is 131 Å². The Morgan fingerprint density at radius 2 is 2.09 bits per heavy atom. The number of likely N-dealkylation sites (tertiary alicyclic amines) is 1. The summed E-state index contributed by atoms with van der Waals surface area (Å²) in [7, 11) is 0. The maximum absolute atomic E-state index is 12.8. The fraction of sp³-hybridized carbons (Fsp3) is 0.647. The van der Waals surface area contributed by atoms with E-state index in [0.717, 1.165) is 19.5 Å². The second kappa shape index (κ2) is 5.77. The Bertz CT molecular complexity index is 614. The number of hydrogen-bond acceptors (Lipinski definition) is 4. The summed E-state index contributed by atoms with van der Waals surface area (Å²) in [6.07, 6.45) is 3.44. The van der Waals surface area contributed by atoms with Crippen LogP contribution in [0.1, 0.15) is 55.0 Å². The topological polar surface area (TPSA) is 60.5 Å². The fourth-order valence-corrected chi connectivity index (χ4v) is 4.06. The SMILES string of the molecule is Cc1oc(C#N)cc1C(=O)N1CCC2CCC(C1)N2C(C)C. The Hall–Kier alpha value is -1.80. The zero-order valence-corrected chi connectivity index (χ0v) is 13.5. The van der Waals surface area contributed by atoms with Crippen LogP contribution in [-0.2, 0) is 0 Å². The van der Waals surface area contributed by atoms with Gasteiger partial charge in [-0.1, -0.05) is 0 Å². The van der Waals surface area contributed by atoms with E-state index in [1.54, 1.807) is 13.0 Å². The normalized spacial score (nSPS) is 25.3. The molecule has 2 aliphatic heterocycles. The van der Waals surface area contributed by atoms with Crippen molar-refractivity contribution in [2.75, 3.05) is 13.1 Å². The number of aryl methyl sites for hydroxylation is 1. The molecule has 2 atom stereocenters. The van der Waals surface area contributed by atoms with Crippen molar-refractivity contribution < 1.29 is 9.21 Å². The van der Waals surface area contributed by atoms with Crippen LogP contribution in [-0.4, -0.2) is 46.9 Å². The van der Waals surface area contributed by atoms with E-state index in [-0.39, 0.29) is 11.7 Å². The van der Waals surface area contributed by atoms with Crippen molar-refractivity contribution in [1.29, 1.82) is 5.26 Å². The quantitative estimate of drug-likeness (QED) is 0.842. The molecule has 1 aromatic rings. The minimum absolute atomic E-state index is 0.000920. The molecule has 2 fully saturated rings. The zero-order chi connectivity index (χ0) is 15.9. The number of furan rings is 1. The van der Waals surface area contributed by atoms with Gasteiger partial charge in [0.1, 0.15) is 11.8 Å². The van der Waals surface area contributed by atoms with Gasteiger partial charge in [0.05, 0.1) is 5.56 Å². The van der Waals surface area contributed by atoms with Gasteiger partial charge in [-0.15, -0.1) is 0 Å². The molecule has 0 aromatic carbocycles. The van der Waals surface area contributed by atoms with Gasteiger partial charge in [-0.25, -0.2) is 0 Å². The van der Waals surface area contributed by atoms with Gasteiger partial charge in [-0.2, -0.15) is 5.26 Å². The van der Waals surface area contributed by atoms with Crippen LogP contribution in [0.15, 0.2) is 10.5 Å². The number of hydrogen-bond donors (Lipinski definition) is 0. The molecular formula is C17H23N3O2. The van der Waals surface area contributed by atoms with Crippen LogP contribution in [0.2, 0.25) is 0 Å². The maximum atomic E-state index is 12.8. The van der Waals surface area contributed by atoms with Crippen LogP contribution in [0, 0.1) is 18.3 Å². The third-order valence-electron chi connectivity index (χ3n) is 4.98. The molecular weight excluding hydrogens is 278 g/mol. The highest BCUT2D eigenvalue weighted by atomic mass is 16.3. The van der Waals surface area contributed by atoms with Crippen molar-refractivity contribution >= 4 is 5.91 Å². The van der Waals surface area contributed by atoms with E-state index < -0.39 is 0 Å². The lowest BCUT2D eigenvalue weighted by molar-refractivity contribution is 0.0726. The standard InChI is InChI=1S/C17H23N3O2/c1-11(2)20-13-4-5-14(20)10-19(7-6-13)17(21)16-8-15(9-18)22-12(16)3/h8,11,13-14H,4-7,10H2,1-3H3. The summed E-state index contributed by atoms with van der Waals surface area (Å²) >= 11 is 0. The van der Waals surface area contributed by atoms with Crippen molar-refractivity contribution in [3.63, 3.8) is 0 Å². The second-order valence-electron chi connectivity index (χ2n) is 6.66. The highest BCUT2D eigenvalue weighted by Gasteiger charge is 2.39. The molecule has 0 radical (unpaired) electrons. The molecule has 1 aromatic heterocycles. The molecule has 0 spiro atoms. The number of nitriles is 1. The summed E-state index contributed by atoms with van der Waals surface area (Å²) in [5.41, 5.74) is 0.533. The van der Waals surface area contributed by atoms with Crippen LogP contribution < -0.4 is 0 Å². The average molecular weight is 301 g/mol. The van der Waals surface area contributed by atoms with Crippen LogP contribution in [0.5, 0.6) is 0 Å². The van der Waals surface area contributed by atoms with E-state index in [2.05, 4.69) is 18.7 Å². The summed E-state index contributed by atoms with van der Waals surface area (Å²) in [6, 6.07) is 5.11. The predicted octanol–water partition coefficient (Wildman–Crippen LogP) is 2.55. The molecule has 3 rings (SSSR count). The molecule has 2 saturated heterocycles. The Morgan fingerprint density at radius 1 is 1.36 bits per heavy atom. The first-order valence-electron chi connectivity index (χ1n) is 8.08. The summed E-state index contributed by atoms with van der Waals surface area (Å²) in [4.78, 5) is 17.3. The molecule has 2 unspecified atom stereocenters. The van der Waals surface area contributed by atoms with E-state index in [4.69, 9.17) is 9.68 Å². The number of fused-ring (bicyclic) bond motifs is 2. The van der Waals surface area contributed by atoms with Gasteiger partial charge in [0.25, 0.3) is 5.91 Å². The third kappa shape index (κ3) is 2.52. The second-order valence-corrected chi connectivity index (χ2v) is 6.66. The van der Waals surface area contributed by atoms with Crippen LogP contribution >= 0.6 is 0 Å². The first-order chi connectivity index (χ1) is 10.5. The molecule has 0 N–H and O–H groups in total. The maximum Gasteiger partial charge on any atom is 0.257 e. The van der Waals surface area contributed by atoms with Crippen molar-refractivity contribution in [1.82, 2.24) is 9.80 Å².